The fourth-order valence-corrected chi connectivity index (χ4v) is 3.84. The van der Waals surface area contributed by atoms with E-state index in [9.17, 15) is 5.11 Å². The standard InChI is InChI=1S/C21H30ClN5OS/c1-4-17-19(29)20(23-18(13-28)14(2)3)25-21(24-17)27-11-9-26(10-12-27)16-7-5-15(22)6-8-16/h5-8,14,18,28-29H,4,9-13H2,1-3H3,(H,23,24,25)/t18-/m0/s1. The molecule has 1 aliphatic rings. The minimum absolute atomic E-state index is 0.0471. The van der Waals surface area contributed by atoms with Crippen LogP contribution >= 0.6 is 24.2 Å². The third-order valence-electron chi connectivity index (χ3n) is 5.36. The van der Waals surface area contributed by atoms with E-state index in [-0.39, 0.29) is 18.6 Å². The first-order chi connectivity index (χ1) is 13.9. The van der Waals surface area contributed by atoms with Crippen LogP contribution < -0.4 is 15.1 Å². The van der Waals surface area contributed by atoms with Gasteiger partial charge in [-0.1, -0.05) is 32.4 Å². The van der Waals surface area contributed by atoms with E-state index in [1.165, 1.54) is 5.69 Å². The van der Waals surface area contributed by atoms with Gasteiger partial charge < -0.3 is 20.2 Å². The molecule has 0 bridgehead atoms. The van der Waals surface area contributed by atoms with Gasteiger partial charge in [-0.3, -0.25) is 0 Å². The molecule has 0 aliphatic carbocycles. The molecule has 1 aliphatic heterocycles. The van der Waals surface area contributed by atoms with Crippen LogP contribution in [0, 0.1) is 5.92 Å². The Labute approximate surface area is 183 Å². The summed E-state index contributed by atoms with van der Waals surface area (Å²) in [4.78, 5) is 14.8. The molecular formula is C21H30ClN5OS. The molecule has 0 unspecified atom stereocenters. The second-order valence-corrected chi connectivity index (χ2v) is 8.53. The van der Waals surface area contributed by atoms with Gasteiger partial charge in [0, 0.05) is 36.9 Å². The Morgan fingerprint density at radius 1 is 1.10 bits per heavy atom. The van der Waals surface area contributed by atoms with Crippen LogP contribution in [0.1, 0.15) is 26.5 Å². The number of halogens is 1. The topological polar surface area (TPSA) is 64.5 Å². The second kappa shape index (κ2) is 9.87. The van der Waals surface area contributed by atoms with E-state index in [0.29, 0.717) is 5.82 Å². The molecule has 2 N–H and O–H groups in total. The third kappa shape index (κ3) is 5.27. The minimum Gasteiger partial charge on any atom is -0.394 e. The summed E-state index contributed by atoms with van der Waals surface area (Å²) in [7, 11) is 0. The Kier molecular flexibility index (Phi) is 7.49. The molecular weight excluding hydrogens is 406 g/mol. The van der Waals surface area contributed by atoms with E-state index in [1.807, 2.05) is 12.1 Å². The van der Waals surface area contributed by atoms with E-state index >= 15 is 0 Å². The summed E-state index contributed by atoms with van der Waals surface area (Å²) in [6, 6.07) is 7.89. The maximum Gasteiger partial charge on any atom is 0.227 e. The average Bonchev–Trinajstić information content (AvgIpc) is 2.73. The van der Waals surface area contributed by atoms with E-state index < -0.39 is 0 Å². The number of aliphatic hydroxyl groups excluding tert-OH is 1. The Morgan fingerprint density at radius 3 is 2.28 bits per heavy atom. The van der Waals surface area contributed by atoms with Crippen molar-refractivity contribution in [2.75, 3.05) is 47.9 Å². The summed E-state index contributed by atoms with van der Waals surface area (Å²) in [6.45, 7) is 9.73. The SMILES string of the molecule is CCc1nc(N2CCN(c3ccc(Cl)cc3)CC2)nc(N[C@@H](CO)C(C)C)c1S. The zero-order chi connectivity index (χ0) is 21.0. The Morgan fingerprint density at radius 2 is 1.72 bits per heavy atom. The number of aliphatic hydroxyl groups is 1. The molecule has 2 heterocycles. The third-order valence-corrected chi connectivity index (χ3v) is 6.08. The molecule has 0 radical (unpaired) electrons. The molecule has 8 heteroatoms. The van der Waals surface area contributed by atoms with Crippen LogP contribution in [-0.4, -0.2) is 53.9 Å². The minimum atomic E-state index is -0.0740. The molecule has 0 saturated carbocycles. The molecule has 1 saturated heterocycles. The summed E-state index contributed by atoms with van der Waals surface area (Å²) in [5, 5.41) is 13.8. The number of aromatic nitrogens is 2. The maximum absolute atomic E-state index is 9.69. The highest BCUT2D eigenvalue weighted by Crippen LogP contribution is 2.27. The first kappa shape index (κ1) is 22.0. The van der Waals surface area contributed by atoms with Gasteiger partial charge in [-0.25, -0.2) is 4.98 Å². The highest BCUT2D eigenvalue weighted by molar-refractivity contribution is 7.80. The average molecular weight is 436 g/mol. The van der Waals surface area contributed by atoms with Crippen LogP contribution in [-0.2, 0) is 6.42 Å². The van der Waals surface area contributed by atoms with Crippen LogP contribution in [0.4, 0.5) is 17.5 Å². The van der Waals surface area contributed by atoms with Gasteiger partial charge in [-0.15, -0.1) is 12.6 Å². The Balaban J connectivity index is 1.76. The van der Waals surface area contributed by atoms with Crippen molar-refractivity contribution < 1.29 is 5.11 Å². The number of benzene rings is 1. The molecule has 158 valence electrons. The summed E-state index contributed by atoms with van der Waals surface area (Å²) in [6.07, 6.45) is 0.777. The van der Waals surface area contributed by atoms with Gasteiger partial charge >= 0.3 is 0 Å². The maximum atomic E-state index is 9.69. The fourth-order valence-electron chi connectivity index (χ4n) is 3.39. The number of hydrogen-bond acceptors (Lipinski definition) is 7. The molecule has 1 atom stereocenters. The molecule has 6 nitrogen and oxygen atoms in total. The first-order valence-electron chi connectivity index (χ1n) is 10.2. The van der Waals surface area contributed by atoms with Crippen molar-refractivity contribution in [1.29, 1.82) is 0 Å². The van der Waals surface area contributed by atoms with Crippen LogP contribution in [0.15, 0.2) is 29.2 Å². The summed E-state index contributed by atoms with van der Waals surface area (Å²) >= 11 is 10.7. The van der Waals surface area contributed by atoms with Crippen molar-refractivity contribution in [1.82, 2.24) is 9.97 Å². The number of piperazine rings is 1. The second-order valence-electron chi connectivity index (χ2n) is 7.65. The van der Waals surface area contributed by atoms with Crippen molar-refractivity contribution in [3.05, 3.63) is 35.0 Å². The van der Waals surface area contributed by atoms with Crippen LogP contribution in [0.2, 0.25) is 5.02 Å². The van der Waals surface area contributed by atoms with Crippen molar-refractivity contribution >= 4 is 41.7 Å². The highest BCUT2D eigenvalue weighted by Gasteiger charge is 2.23. The summed E-state index contributed by atoms with van der Waals surface area (Å²) in [5.74, 6) is 1.69. The molecule has 1 aromatic heterocycles. The lowest BCUT2D eigenvalue weighted by Crippen LogP contribution is -2.47. The number of nitrogens with one attached hydrogen (secondary N) is 1. The lowest BCUT2D eigenvalue weighted by Gasteiger charge is -2.36. The number of rotatable bonds is 7. The largest absolute Gasteiger partial charge is 0.394 e. The molecule has 0 spiro atoms. The zero-order valence-electron chi connectivity index (χ0n) is 17.3. The molecule has 0 amide bonds. The lowest BCUT2D eigenvalue weighted by molar-refractivity contribution is 0.249. The number of aryl methyl sites for hydroxylation is 1. The van der Waals surface area contributed by atoms with Gasteiger partial charge in [0.25, 0.3) is 0 Å². The predicted octanol–water partition coefficient (Wildman–Crippen LogP) is 3.74. The van der Waals surface area contributed by atoms with Gasteiger partial charge in [-0.2, -0.15) is 4.98 Å². The lowest BCUT2D eigenvalue weighted by atomic mass is 10.1. The van der Waals surface area contributed by atoms with Crippen LogP contribution in [0.5, 0.6) is 0 Å². The summed E-state index contributed by atoms with van der Waals surface area (Å²) < 4.78 is 0. The predicted molar refractivity (Wildman–Crippen MR) is 124 cm³/mol. The fraction of sp³-hybridized carbons (Fsp3) is 0.524. The van der Waals surface area contributed by atoms with E-state index in [1.54, 1.807) is 0 Å². The number of thiol groups is 1. The molecule has 3 rings (SSSR count). The van der Waals surface area contributed by atoms with E-state index in [0.717, 1.165) is 54.2 Å². The van der Waals surface area contributed by atoms with Gasteiger partial charge in [0.1, 0.15) is 5.82 Å². The van der Waals surface area contributed by atoms with E-state index in [2.05, 4.69) is 60.6 Å². The molecule has 29 heavy (non-hydrogen) atoms. The van der Waals surface area contributed by atoms with Gasteiger partial charge in [0.15, 0.2) is 0 Å². The van der Waals surface area contributed by atoms with Gasteiger partial charge in [0.05, 0.1) is 23.2 Å². The van der Waals surface area contributed by atoms with Crippen LogP contribution in [0.3, 0.4) is 0 Å². The Hall–Kier alpha value is -1.70. The van der Waals surface area contributed by atoms with Crippen molar-refractivity contribution in [3.8, 4) is 0 Å². The number of hydrogen-bond donors (Lipinski definition) is 3. The smallest absolute Gasteiger partial charge is 0.227 e. The molecule has 1 fully saturated rings. The normalized spacial score (nSPS) is 15.7. The Bertz CT molecular complexity index is 809. The number of anilines is 3. The quantitative estimate of drug-likeness (QED) is 0.576. The first-order valence-corrected chi connectivity index (χ1v) is 11.0. The van der Waals surface area contributed by atoms with Gasteiger partial charge in [-0.05, 0) is 36.6 Å². The van der Waals surface area contributed by atoms with Crippen LogP contribution in [0.25, 0.3) is 0 Å². The van der Waals surface area contributed by atoms with Crippen molar-refractivity contribution in [2.24, 2.45) is 5.92 Å². The number of nitrogens with zero attached hydrogens (tertiary/aromatic N) is 4. The highest BCUT2D eigenvalue weighted by atomic mass is 35.5. The van der Waals surface area contributed by atoms with E-state index in [4.69, 9.17) is 21.6 Å². The molecule has 2 aromatic rings. The molecule has 1 aromatic carbocycles. The van der Waals surface area contributed by atoms with Crippen molar-refractivity contribution in [3.63, 3.8) is 0 Å². The zero-order valence-corrected chi connectivity index (χ0v) is 18.9. The summed E-state index contributed by atoms with van der Waals surface area (Å²) in [5.41, 5.74) is 2.10. The van der Waals surface area contributed by atoms with Crippen molar-refractivity contribution in [2.45, 2.75) is 38.1 Å². The monoisotopic (exact) mass is 435 g/mol. The van der Waals surface area contributed by atoms with Gasteiger partial charge in [0.2, 0.25) is 5.95 Å².